The van der Waals surface area contributed by atoms with Crippen LogP contribution < -0.4 is 5.73 Å². The van der Waals surface area contributed by atoms with Crippen LogP contribution in [0.3, 0.4) is 0 Å². The van der Waals surface area contributed by atoms with Gasteiger partial charge in [-0.3, -0.25) is 9.58 Å². The smallest absolute Gasteiger partial charge is 0.0648 e. The van der Waals surface area contributed by atoms with Crippen LogP contribution in [0.2, 0.25) is 0 Å². The lowest BCUT2D eigenvalue weighted by Crippen LogP contribution is -2.50. The van der Waals surface area contributed by atoms with Crippen LogP contribution in [0.15, 0.2) is 12.3 Å². The fourth-order valence-electron chi connectivity index (χ4n) is 2.54. The van der Waals surface area contributed by atoms with Crippen molar-refractivity contribution in [3.05, 3.63) is 18.0 Å². The van der Waals surface area contributed by atoms with Crippen molar-refractivity contribution in [3.8, 4) is 0 Å². The Labute approximate surface area is 97.4 Å². The molecule has 2 heterocycles. The van der Waals surface area contributed by atoms with Gasteiger partial charge in [0.15, 0.2) is 0 Å². The van der Waals surface area contributed by atoms with Gasteiger partial charge < -0.3 is 5.73 Å². The summed E-state index contributed by atoms with van der Waals surface area (Å²) in [5.41, 5.74) is 7.51. The minimum Gasteiger partial charge on any atom is -0.321 e. The second-order valence-electron chi connectivity index (χ2n) is 5.21. The fraction of sp³-hybridized carbons (Fsp3) is 0.750. The van der Waals surface area contributed by atoms with Crippen LogP contribution in [0.25, 0.3) is 0 Å². The minimum absolute atomic E-state index is 0.00426. The first-order valence-corrected chi connectivity index (χ1v) is 6.02. The van der Waals surface area contributed by atoms with Gasteiger partial charge in [-0.25, -0.2) is 0 Å². The van der Waals surface area contributed by atoms with Crippen LogP contribution in [0, 0.1) is 0 Å². The molecule has 0 aliphatic carbocycles. The van der Waals surface area contributed by atoms with Gasteiger partial charge in [0.05, 0.1) is 11.7 Å². The van der Waals surface area contributed by atoms with Crippen LogP contribution in [0.4, 0.5) is 0 Å². The summed E-state index contributed by atoms with van der Waals surface area (Å²) in [4.78, 5) is 2.49. The molecule has 0 aromatic carbocycles. The quantitative estimate of drug-likeness (QED) is 0.838. The third-order valence-corrected chi connectivity index (χ3v) is 3.86. The van der Waals surface area contributed by atoms with Crippen molar-refractivity contribution < 1.29 is 0 Å². The highest BCUT2D eigenvalue weighted by Gasteiger charge is 2.36. The Bertz CT molecular complexity index is 350. The molecule has 90 valence electrons. The van der Waals surface area contributed by atoms with Crippen LogP contribution in [-0.4, -0.2) is 33.3 Å². The fourth-order valence-corrected chi connectivity index (χ4v) is 2.54. The Morgan fingerprint density at radius 1 is 1.38 bits per heavy atom. The topological polar surface area (TPSA) is 47.1 Å². The number of hydrogen-bond acceptors (Lipinski definition) is 3. The van der Waals surface area contributed by atoms with Gasteiger partial charge >= 0.3 is 0 Å². The summed E-state index contributed by atoms with van der Waals surface area (Å²) in [7, 11) is 1.95. The van der Waals surface area contributed by atoms with Crippen molar-refractivity contribution in [3.63, 3.8) is 0 Å². The van der Waals surface area contributed by atoms with Crippen molar-refractivity contribution in [1.29, 1.82) is 0 Å². The molecule has 1 aromatic rings. The summed E-state index contributed by atoms with van der Waals surface area (Å²) >= 11 is 0. The van der Waals surface area contributed by atoms with Gasteiger partial charge in [0.2, 0.25) is 0 Å². The van der Waals surface area contributed by atoms with Crippen LogP contribution in [0.5, 0.6) is 0 Å². The van der Waals surface area contributed by atoms with Crippen molar-refractivity contribution >= 4 is 0 Å². The van der Waals surface area contributed by atoms with Gasteiger partial charge in [0.1, 0.15) is 0 Å². The predicted octanol–water partition coefficient (Wildman–Crippen LogP) is 1.29. The van der Waals surface area contributed by atoms with Gasteiger partial charge in [0, 0.05) is 18.8 Å². The first-order chi connectivity index (χ1) is 7.53. The molecule has 1 atom stereocenters. The van der Waals surface area contributed by atoms with E-state index in [0.29, 0.717) is 0 Å². The molecule has 1 fully saturated rings. The van der Waals surface area contributed by atoms with E-state index < -0.39 is 0 Å². The number of aryl methyl sites for hydroxylation is 1. The molecule has 1 aliphatic heterocycles. The van der Waals surface area contributed by atoms with Crippen LogP contribution in [0.1, 0.15) is 38.4 Å². The predicted molar refractivity (Wildman–Crippen MR) is 65.0 cm³/mol. The lowest BCUT2D eigenvalue weighted by molar-refractivity contribution is 0.121. The van der Waals surface area contributed by atoms with Gasteiger partial charge in [0.25, 0.3) is 0 Å². The van der Waals surface area contributed by atoms with Gasteiger partial charge in [-0.05, 0) is 45.8 Å². The lowest BCUT2D eigenvalue weighted by atomic mass is 9.91. The van der Waals surface area contributed by atoms with E-state index in [4.69, 9.17) is 5.73 Å². The molecule has 0 spiro atoms. The number of nitrogens with two attached hydrogens (primary N) is 1. The number of rotatable bonds is 3. The first kappa shape index (κ1) is 11.6. The maximum absolute atomic E-state index is 6.40. The molecule has 1 saturated heterocycles. The third-order valence-electron chi connectivity index (χ3n) is 3.86. The second-order valence-corrected chi connectivity index (χ2v) is 5.21. The summed E-state index contributed by atoms with van der Waals surface area (Å²) in [6, 6.07) is 2.03. The first-order valence-electron chi connectivity index (χ1n) is 6.02. The highest BCUT2D eigenvalue weighted by atomic mass is 15.3. The number of nitrogens with zero attached hydrogens (tertiary/aromatic N) is 3. The van der Waals surface area contributed by atoms with Crippen molar-refractivity contribution in [2.75, 3.05) is 13.1 Å². The van der Waals surface area contributed by atoms with E-state index in [2.05, 4.69) is 23.8 Å². The van der Waals surface area contributed by atoms with Crippen molar-refractivity contribution in [1.82, 2.24) is 14.7 Å². The average Bonchev–Trinajstić information content (AvgIpc) is 2.86. The zero-order chi connectivity index (χ0) is 11.8. The third kappa shape index (κ3) is 1.87. The maximum atomic E-state index is 6.40. The maximum Gasteiger partial charge on any atom is 0.0648 e. The van der Waals surface area contributed by atoms with E-state index >= 15 is 0 Å². The molecule has 0 amide bonds. The molecular formula is C12H22N4. The Balaban J connectivity index is 2.19. The molecule has 16 heavy (non-hydrogen) atoms. The molecule has 0 radical (unpaired) electrons. The van der Waals surface area contributed by atoms with E-state index in [9.17, 15) is 0 Å². The van der Waals surface area contributed by atoms with Crippen LogP contribution >= 0.6 is 0 Å². The lowest BCUT2D eigenvalue weighted by Gasteiger charge is -2.40. The normalized spacial score (nSPS) is 20.2. The van der Waals surface area contributed by atoms with E-state index in [0.717, 1.165) is 5.69 Å². The highest BCUT2D eigenvalue weighted by molar-refractivity contribution is 5.12. The number of aromatic nitrogens is 2. The molecule has 2 N–H and O–H groups in total. The van der Waals surface area contributed by atoms with Crippen molar-refractivity contribution in [2.24, 2.45) is 12.8 Å². The molecule has 4 nitrogen and oxygen atoms in total. The van der Waals surface area contributed by atoms with Crippen molar-refractivity contribution in [2.45, 2.75) is 38.3 Å². The van der Waals surface area contributed by atoms with E-state index in [1.807, 2.05) is 24.0 Å². The Kier molecular flexibility index (Phi) is 3.04. The molecule has 0 saturated carbocycles. The van der Waals surface area contributed by atoms with E-state index in [1.165, 1.54) is 25.9 Å². The summed E-state index contributed by atoms with van der Waals surface area (Å²) < 4.78 is 1.88. The Morgan fingerprint density at radius 3 is 2.50 bits per heavy atom. The molecule has 0 bridgehead atoms. The largest absolute Gasteiger partial charge is 0.321 e. The van der Waals surface area contributed by atoms with E-state index in [-0.39, 0.29) is 11.6 Å². The molecule has 1 unspecified atom stereocenters. The van der Waals surface area contributed by atoms with Gasteiger partial charge in [-0.15, -0.1) is 0 Å². The van der Waals surface area contributed by atoms with Gasteiger partial charge in [-0.1, -0.05) is 0 Å². The minimum atomic E-state index is 0.00426. The zero-order valence-corrected chi connectivity index (χ0v) is 10.5. The zero-order valence-electron chi connectivity index (χ0n) is 10.5. The van der Waals surface area contributed by atoms with E-state index in [1.54, 1.807) is 0 Å². The summed E-state index contributed by atoms with van der Waals surface area (Å²) in [6.45, 7) is 6.79. The molecule has 4 heteroatoms. The molecule has 2 rings (SSSR count). The SMILES string of the molecule is Cn1nccc1C(N)C(C)(C)N1CCCC1. The second kappa shape index (κ2) is 4.18. The van der Waals surface area contributed by atoms with Crippen LogP contribution in [-0.2, 0) is 7.05 Å². The summed E-state index contributed by atoms with van der Waals surface area (Å²) in [6.07, 6.45) is 4.40. The molecule has 1 aromatic heterocycles. The summed E-state index contributed by atoms with van der Waals surface area (Å²) in [5.74, 6) is 0. The monoisotopic (exact) mass is 222 g/mol. The number of hydrogen-bond donors (Lipinski definition) is 1. The van der Waals surface area contributed by atoms with Gasteiger partial charge in [-0.2, -0.15) is 5.10 Å². The standard InChI is InChI=1S/C12H22N4/c1-12(2,16-8-4-5-9-16)11(13)10-6-7-14-15(10)3/h6-7,11H,4-5,8-9,13H2,1-3H3. The average molecular weight is 222 g/mol. The molecular weight excluding hydrogens is 200 g/mol. The highest BCUT2D eigenvalue weighted by Crippen LogP contribution is 2.31. The summed E-state index contributed by atoms with van der Waals surface area (Å²) in [5, 5.41) is 4.20. The molecule has 1 aliphatic rings. The Morgan fingerprint density at radius 2 is 2.00 bits per heavy atom. The number of likely N-dealkylation sites (tertiary alicyclic amines) is 1. The Hall–Kier alpha value is -0.870.